The number of carboxylic acid groups (broad SMARTS) is 1. The van der Waals surface area contributed by atoms with Gasteiger partial charge in [-0.05, 0) is 0 Å². The summed E-state index contributed by atoms with van der Waals surface area (Å²) in [5.41, 5.74) is -0.676. The summed E-state index contributed by atoms with van der Waals surface area (Å²) in [5.74, 6) is -1.44. The molecule has 0 unspecified atom stereocenters. The molecule has 20 heavy (non-hydrogen) atoms. The van der Waals surface area contributed by atoms with Crippen LogP contribution in [0.2, 0.25) is 0 Å². The Kier molecular flexibility index (Phi) is 4.95. The maximum absolute atomic E-state index is 11.1. The van der Waals surface area contributed by atoms with E-state index in [0.717, 1.165) is 12.3 Å². The van der Waals surface area contributed by atoms with Gasteiger partial charge < -0.3 is 15.3 Å². The number of carbonyl (C=O) groups is 2. The van der Waals surface area contributed by atoms with Gasteiger partial charge in [-0.1, -0.05) is 0 Å². The average Bonchev–Trinajstić information content (AvgIpc) is 2.43. The van der Waals surface area contributed by atoms with E-state index in [0.29, 0.717) is 0 Å². The molecule has 1 aromatic rings. The molecule has 0 aliphatic heterocycles. The highest BCUT2D eigenvalue weighted by Crippen LogP contribution is 2.21. The highest BCUT2D eigenvalue weighted by atomic mass is 16.6. The number of hydrogen-bond donors (Lipinski definition) is 2. The molecule has 1 heterocycles. The van der Waals surface area contributed by atoms with Gasteiger partial charge >= 0.3 is 5.97 Å². The molecule has 1 rings (SSSR count). The molecule has 0 aliphatic carbocycles. The number of aromatic carboxylic acids is 1. The predicted octanol–water partition coefficient (Wildman–Crippen LogP) is 0.260. The summed E-state index contributed by atoms with van der Waals surface area (Å²) < 4.78 is 0. The molecule has 0 saturated carbocycles. The highest BCUT2D eigenvalue weighted by Gasteiger charge is 2.20. The van der Waals surface area contributed by atoms with Crippen LogP contribution in [-0.4, -0.2) is 47.5 Å². The minimum absolute atomic E-state index is 0.0759. The van der Waals surface area contributed by atoms with Gasteiger partial charge in [-0.15, -0.1) is 0 Å². The van der Waals surface area contributed by atoms with Crippen LogP contribution in [-0.2, 0) is 4.79 Å². The average molecular weight is 282 g/mol. The third kappa shape index (κ3) is 3.64. The monoisotopic (exact) mass is 282 g/mol. The van der Waals surface area contributed by atoms with Gasteiger partial charge in [0.2, 0.25) is 5.91 Å². The molecule has 0 spiro atoms. The zero-order valence-corrected chi connectivity index (χ0v) is 11.0. The van der Waals surface area contributed by atoms with Crippen LogP contribution in [0.15, 0.2) is 12.3 Å². The first-order valence-corrected chi connectivity index (χ1v) is 5.66. The molecule has 0 atom stereocenters. The second-order valence-corrected chi connectivity index (χ2v) is 3.97. The van der Waals surface area contributed by atoms with Crippen molar-refractivity contribution in [3.63, 3.8) is 0 Å². The van der Waals surface area contributed by atoms with E-state index in [1.807, 2.05) is 0 Å². The Morgan fingerprint density at radius 1 is 1.55 bits per heavy atom. The van der Waals surface area contributed by atoms with Crippen LogP contribution < -0.4 is 10.2 Å². The molecular formula is C11H14N4O5. The summed E-state index contributed by atoms with van der Waals surface area (Å²) in [6.07, 6.45) is 1.14. The zero-order valence-electron chi connectivity index (χ0n) is 11.0. The lowest BCUT2D eigenvalue weighted by Gasteiger charge is -2.19. The maximum Gasteiger partial charge on any atom is 0.339 e. The first-order valence-electron chi connectivity index (χ1n) is 5.66. The number of pyridine rings is 1. The van der Waals surface area contributed by atoms with E-state index in [4.69, 9.17) is 5.11 Å². The van der Waals surface area contributed by atoms with Crippen LogP contribution in [0, 0.1) is 10.1 Å². The maximum atomic E-state index is 11.1. The summed E-state index contributed by atoms with van der Waals surface area (Å²) in [5, 5.41) is 22.1. The molecule has 9 nitrogen and oxygen atoms in total. The molecule has 0 saturated heterocycles. The lowest BCUT2D eigenvalue weighted by Crippen LogP contribution is -2.28. The van der Waals surface area contributed by atoms with Gasteiger partial charge in [-0.25, -0.2) is 9.78 Å². The molecule has 0 radical (unpaired) electrons. The largest absolute Gasteiger partial charge is 0.478 e. The van der Waals surface area contributed by atoms with E-state index < -0.39 is 16.6 Å². The standard InChI is InChI=1S/C11H14N4O5/c1-12-9(16)3-4-14(2)10-8(11(17)18)5-7(6-13-10)15(19)20/h5-6H,3-4H2,1-2H3,(H,12,16)(H,17,18). The van der Waals surface area contributed by atoms with E-state index in [1.54, 1.807) is 7.05 Å². The Morgan fingerprint density at radius 2 is 2.20 bits per heavy atom. The fourth-order valence-corrected chi connectivity index (χ4v) is 1.51. The predicted molar refractivity (Wildman–Crippen MR) is 69.8 cm³/mol. The van der Waals surface area contributed by atoms with Gasteiger partial charge in [0.1, 0.15) is 17.6 Å². The quantitative estimate of drug-likeness (QED) is 0.566. The Hall–Kier alpha value is -2.71. The summed E-state index contributed by atoms with van der Waals surface area (Å²) in [7, 11) is 3.05. The molecule has 108 valence electrons. The topological polar surface area (TPSA) is 126 Å². The second kappa shape index (κ2) is 6.45. The lowest BCUT2D eigenvalue weighted by molar-refractivity contribution is -0.385. The number of nitrogens with zero attached hydrogens (tertiary/aromatic N) is 3. The number of anilines is 1. The zero-order chi connectivity index (χ0) is 15.3. The van der Waals surface area contributed by atoms with Crippen LogP contribution in [0.1, 0.15) is 16.8 Å². The molecule has 0 aromatic carbocycles. The van der Waals surface area contributed by atoms with Crippen LogP contribution in [0.3, 0.4) is 0 Å². The van der Waals surface area contributed by atoms with Gasteiger partial charge in [-0.3, -0.25) is 14.9 Å². The van der Waals surface area contributed by atoms with E-state index in [9.17, 15) is 19.7 Å². The molecule has 2 N–H and O–H groups in total. The molecule has 9 heteroatoms. The SMILES string of the molecule is CNC(=O)CCN(C)c1ncc([N+](=O)[O-])cc1C(=O)O. The number of carbonyl (C=O) groups excluding carboxylic acids is 1. The number of carboxylic acids is 1. The fourth-order valence-electron chi connectivity index (χ4n) is 1.51. The van der Waals surface area contributed by atoms with Crippen molar-refractivity contribution in [1.29, 1.82) is 0 Å². The number of amides is 1. The second-order valence-electron chi connectivity index (χ2n) is 3.97. The van der Waals surface area contributed by atoms with Crippen molar-refractivity contribution in [2.24, 2.45) is 0 Å². The van der Waals surface area contributed by atoms with E-state index >= 15 is 0 Å². The third-order valence-corrected chi connectivity index (χ3v) is 2.61. The van der Waals surface area contributed by atoms with E-state index in [-0.39, 0.29) is 30.3 Å². The van der Waals surface area contributed by atoms with Crippen LogP contribution in [0.5, 0.6) is 0 Å². The molecule has 1 aromatic heterocycles. The van der Waals surface area contributed by atoms with Gasteiger partial charge in [0.15, 0.2) is 0 Å². The number of rotatable bonds is 6. The molecule has 0 aliphatic rings. The van der Waals surface area contributed by atoms with Crippen molar-refractivity contribution in [1.82, 2.24) is 10.3 Å². The number of nitrogens with one attached hydrogen (secondary N) is 1. The van der Waals surface area contributed by atoms with Crippen molar-refractivity contribution < 1.29 is 19.6 Å². The minimum atomic E-state index is -1.32. The van der Waals surface area contributed by atoms with Crippen molar-refractivity contribution in [3.05, 3.63) is 27.9 Å². The molecule has 0 bridgehead atoms. The Balaban J connectivity index is 3.01. The van der Waals surface area contributed by atoms with Crippen molar-refractivity contribution in [3.8, 4) is 0 Å². The normalized spacial score (nSPS) is 9.90. The first-order chi connectivity index (χ1) is 9.36. The number of aromatic nitrogens is 1. The Bertz CT molecular complexity index is 546. The van der Waals surface area contributed by atoms with Crippen molar-refractivity contribution in [2.45, 2.75) is 6.42 Å². The minimum Gasteiger partial charge on any atom is -0.478 e. The number of nitro groups is 1. The Labute approximate surface area is 114 Å². The van der Waals surface area contributed by atoms with Crippen LogP contribution in [0.25, 0.3) is 0 Å². The lowest BCUT2D eigenvalue weighted by atomic mass is 10.2. The summed E-state index contributed by atoms with van der Waals surface area (Å²) in [6.45, 7) is 0.241. The summed E-state index contributed by atoms with van der Waals surface area (Å²) >= 11 is 0. The van der Waals surface area contributed by atoms with Gasteiger partial charge in [-0.2, -0.15) is 0 Å². The Morgan fingerprint density at radius 3 is 2.70 bits per heavy atom. The third-order valence-electron chi connectivity index (χ3n) is 2.61. The van der Waals surface area contributed by atoms with Crippen molar-refractivity contribution >= 4 is 23.4 Å². The fraction of sp³-hybridized carbons (Fsp3) is 0.364. The smallest absolute Gasteiger partial charge is 0.339 e. The van der Waals surface area contributed by atoms with Gasteiger partial charge in [0.25, 0.3) is 5.69 Å². The first kappa shape index (κ1) is 15.3. The summed E-state index contributed by atoms with van der Waals surface area (Å²) in [4.78, 5) is 37.4. The molecule has 1 amide bonds. The molecular weight excluding hydrogens is 268 g/mol. The van der Waals surface area contributed by atoms with Crippen LogP contribution >= 0.6 is 0 Å². The van der Waals surface area contributed by atoms with Gasteiger partial charge in [0, 0.05) is 33.1 Å². The number of hydrogen-bond acceptors (Lipinski definition) is 6. The van der Waals surface area contributed by atoms with Crippen LogP contribution in [0.4, 0.5) is 11.5 Å². The summed E-state index contributed by atoms with van der Waals surface area (Å²) in [6, 6.07) is 0.945. The molecule has 0 fully saturated rings. The van der Waals surface area contributed by atoms with Gasteiger partial charge in [0.05, 0.1) is 4.92 Å². The van der Waals surface area contributed by atoms with E-state index in [1.165, 1.54) is 11.9 Å². The highest BCUT2D eigenvalue weighted by molar-refractivity contribution is 5.94. The van der Waals surface area contributed by atoms with Crippen molar-refractivity contribution in [2.75, 3.05) is 25.5 Å². The van der Waals surface area contributed by atoms with E-state index in [2.05, 4.69) is 10.3 Å².